The van der Waals surface area contributed by atoms with Crippen LogP contribution in [0.25, 0.3) is 109 Å². The molecule has 0 bridgehead atoms. The van der Waals surface area contributed by atoms with E-state index in [4.69, 9.17) is 0 Å². The maximum absolute atomic E-state index is 2.62. The first-order chi connectivity index (χ1) is 30.6. The highest BCUT2D eigenvalue weighted by Crippen LogP contribution is 2.69. The van der Waals surface area contributed by atoms with Crippen molar-refractivity contribution in [2.45, 2.75) is 47.0 Å². The summed E-state index contributed by atoms with van der Waals surface area (Å²) in [5.74, 6) is 0. The van der Waals surface area contributed by atoms with Crippen LogP contribution in [-0.2, 0) is 5.41 Å². The normalized spacial score (nSPS) is 13.7. The second-order valence-electron chi connectivity index (χ2n) is 19.9. The number of hydrogen-bond donors (Lipinski definition) is 0. The van der Waals surface area contributed by atoms with Gasteiger partial charge in [0.2, 0.25) is 0 Å². The molecule has 0 nitrogen and oxygen atoms in total. The first kappa shape index (κ1) is 37.7. The molecule has 0 radical (unpaired) electrons. The molecule has 0 saturated carbocycles. The predicted octanol–water partition coefficient (Wildman–Crippen LogP) is 18.0. The highest BCUT2D eigenvalue weighted by atomic mass is 14.6. The van der Waals surface area contributed by atoms with Gasteiger partial charge in [-0.1, -0.05) is 224 Å². The zero-order valence-corrected chi connectivity index (χ0v) is 37.0. The van der Waals surface area contributed by atoms with Crippen molar-refractivity contribution in [2.24, 2.45) is 10.8 Å². The first-order valence-corrected chi connectivity index (χ1v) is 22.6. The molecule has 0 saturated heterocycles. The molecule has 11 aromatic rings. The van der Waals surface area contributed by atoms with Gasteiger partial charge in [0.05, 0.1) is 0 Å². The van der Waals surface area contributed by atoms with Crippen LogP contribution >= 0.6 is 0 Å². The molecule has 0 fully saturated rings. The zero-order valence-electron chi connectivity index (χ0n) is 37.0. The van der Waals surface area contributed by atoms with Crippen LogP contribution in [0.4, 0.5) is 0 Å². The lowest BCUT2D eigenvalue weighted by Crippen LogP contribution is -2.50. The molecule has 1 aliphatic carbocycles. The van der Waals surface area contributed by atoms with Gasteiger partial charge in [-0.25, -0.2) is 0 Å². The Kier molecular flexibility index (Phi) is 8.08. The van der Waals surface area contributed by atoms with Crippen LogP contribution in [0.3, 0.4) is 0 Å². The van der Waals surface area contributed by atoms with Gasteiger partial charge in [0.15, 0.2) is 0 Å². The lowest BCUT2D eigenvalue weighted by Gasteiger charge is -2.54. The highest BCUT2D eigenvalue weighted by molar-refractivity contribution is 6.26. The van der Waals surface area contributed by atoms with Crippen LogP contribution in [-0.4, -0.2) is 0 Å². The minimum atomic E-state index is -0.324. The van der Waals surface area contributed by atoms with Crippen molar-refractivity contribution >= 4 is 64.6 Å². The summed E-state index contributed by atoms with van der Waals surface area (Å²) in [5.41, 5.74) is 12.7. The van der Waals surface area contributed by atoms with E-state index in [0.29, 0.717) is 0 Å². The molecule has 0 atom stereocenters. The number of benzene rings is 11. The third-order valence-corrected chi connectivity index (χ3v) is 14.7. The zero-order chi connectivity index (χ0) is 42.8. The van der Waals surface area contributed by atoms with Gasteiger partial charge in [-0.05, 0) is 143 Å². The fourth-order valence-corrected chi connectivity index (χ4v) is 12.8. The van der Waals surface area contributed by atoms with Crippen molar-refractivity contribution < 1.29 is 0 Å². The molecule has 0 unspecified atom stereocenters. The van der Waals surface area contributed by atoms with Gasteiger partial charge >= 0.3 is 0 Å². The summed E-state index contributed by atoms with van der Waals surface area (Å²) in [6.07, 6.45) is 0. The monoisotopic (exact) mass is 806 g/mol. The molecule has 0 N–H and O–H groups in total. The summed E-state index contributed by atoms with van der Waals surface area (Å²) in [4.78, 5) is 0. The van der Waals surface area contributed by atoms with Crippen molar-refractivity contribution in [2.75, 3.05) is 0 Å². The van der Waals surface area contributed by atoms with Gasteiger partial charge in [-0.15, -0.1) is 0 Å². The summed E-state index contributed by atoms with van der Waals surface area (Å²) in [5, 5.41) is 15.6. The molecule has 1 aliphatic rings. The van der Waals surface area contributed by atoms with Crippen LogP contribution in [0, 0.1) is 10.8 Å². The van der Waals surface area contributed by atoms with Gasteiger partial charge in [-0.2, -0.15) is 0 Å². The maximum atomic E-state index is 2.62. The Bertz CT molecular complexity index is 3620. The highest BCUT2D eigenvalue weighted by Gasteiger charge is 2.59. The maximum Gasteiger partial charge on any atom is 0.0324 e. The molecule has 0 spiro atoms. The average molecular weight is 807 g/mol. The van der Waals surface area contributed by atoms with Gasteiger partial charge in [-0.3, -0.25) is 0 Å². The second kappa shape index (κ2) is 13.5. The van der Waals surface area contributed by atoms with E-state index in [1.165, 1.54) is 120 Å². The Hall–Kier alpha value is -7.02. The van der Waals surface area contributed by atoms with Crippen LogP contribution in [0.5, 0.6) is 0 Å². The van der Waals surface area contributed by atoms with Gasteiger partial charge < -0.3 is 0 Å². The summed E-state index contributed by atoms with van der Waals surface area (Å²) in [6.45, 7) is 14.9. The van der Waals surface area contributed by atoms with Gasteiger partial charge in [0.1, 0.15) is 0 Å². The molecule has 0 heterocycles. The Morgan fingerprint density at radius 3 is 1.27 bits per heavy atom. The van der Waals surface area contributed by atoms with E-state index in [9.17, 15) is 0 Å². The van der Waals surface area contributed by atoms with Crippen molar-refractivity contribution in [3.63, 3.8) is 0 Å². The molecule has 0 heteroatoms. The van der Waals surface area contributed by atoms with E-state index in [0.717, 1.165) is 0 Å². The first-order valence-electron chi connectivity index (χ1n) is 22.6. The smallest absolute Gasteiger partial charge is 0.0324 e. The van der Waals surface area contributed by atoms with E-state index >= 15 is 0 Å². The summed E-state index contributed by atoms with van der Waals surface area (Å²) < 4.78 is 0. The number of hydrogen-bond acceptors (Lipinski definition) is 0. The minimum absolute atomic E-state index is 0.137. The van der Waals surface area contributed by atoms with Crippen LogP contribution in [0.1, 0.15) is 52.7 Å². The van der Waals surface area contributed by atoms with Gasteiger partial charge in [0.25, 0.3) is 0 Å². The Morgan fingerprint density at radius 2 is 0.683 bits per heavy atom. The fourth-order valence-electron chi connectivity index (χ4n) is 12.8. The Labute approximate surface area is 370 Å². The molecule has 0 aliphatic heterocycles. The van der Waals surface area contributed by atoms with Crippen LogP contribution in [0.2, 0.25) is 0 Å². The Morgan fingerprint density at radius 1 is 0.270 bits per heavy atom. The van der Waals surface area contributed by atoms with E-state index < -0.39 is 0 Å². The molecular formula is C63H50. The van der Waals surface area contributed by atoms with E-state index in [1.54, 1.807) is 0 Å². The molecule has 302 valence electrons. The number of rotatable bonds is 3. The van der Waals surface area contributed by atoms with Gasteiger partial charge in [0, 0.05) is 5.41 Å². The average Bonchev–Trinajstić information content (AvgIpc) is 3.64. The minimum Gasteiger partial charge on any atom is -0.0616 e. The molecular weight excluding hydrogens is 757 g/mol. The predicted molar refractivity (Wildman–Crippen MR) is 273 cm³/mol. The SMILES string of the molecule is CC(C)(C)C1(C(C)(C)C)c2c(cc(-c3c4ccccc4c(-c4cccc(-c5cccc6ccccc56)c4)c4ccccc34)c3ccccc23)-c2c1c1ccccc1c1ccccc21. The quantitative estimate of drug-likeness (QED) is 0.123. The lowest BCUT2D eigenvalue weighted by atomic mass is 9.49. The van der Waals surface area contributed by atoms with Crippen molar-refractivity contribution in [3.05, 3.63) is 205 Å². The van der Waals surface area contributed by atoms with Crippen LogP contribution < -0.4 is 0 Å². The molecule has 0 aromatic heterocycles. The fraction of sp³-hybridized carbons (Fsp3) is 0.143. The van der Waals surface area contributed by atoms with Crippen molar-refractivity contribution in [1.29, 1.82) is 0 Å². The Balaban J connectivity index is 1.22. The second-order valence-corrected chi connectivity index (χ2v) is 19.9. The molecule has 12 rings (SSSR count). The number of fused-ring (bicyclic) bond motifs is 13. The summed E-state index contributed by atoms with van der Waals surface area (Å²) >= 11 is 0. The molecule has 0 amide bonds. The summed E-state index contributed by atoms with van der Waals surface area (Å²) in [7, 11) is 0. The molecule has 63 heavy (non-hydrogen) atoms. The third kappa shape index (κ3) is 5.16. The van der Waals surface area contributed by atoms with Crippen molar-refractivity contribution in [3.8, 4) is 44.5 Å². The third-order valence-electron chi connectivity index (χ3n) is 14.7. The molecule has 11 aromatic carbocycles. The van der Waals surface area contributed by atoms with Crippen molar-refractivity contribution in [1.82, 2.24) is 0 Å². The summed E-state index contributed by atoms with van der Waals surface area (Å²) in [6, 6.07) is 73.2. The van der Waals surface area contributed by atoms with E-state index in [2.05, 4.69) is 236 Å². The topological polar surface area (TPSA) is 0 Å². The standard InChI is InChI=1S/C63H50/c1-61(2,3)63(62(4,5)6)59-52-34-17-11-28-46(52)54(38-55(59)58-47-29-12-9-26-44(47)45-27-10-18-35-53(45)60(58)63)57-50-32-15-13-30-48(50)56(49-31-14-16-33-51(49)57)41-24-19-23-40(37-41)43-36-20-22-39-21-7-8-25-42(39)43/h7-38H,1-6H3. The lowest BCUT2D eigenvalue weighted by molar-refractivity contribution is 0.0977. The largest absolute Gasteiger partial charge is 0.0616 e. The van der Waals surface area contributed by atoms with Crippen LogP contribution in [0.15, 0.2) is 194 Å². The van der Waals surface area contributed by atoms with E-state index in [1.807, 2.05) is 0 Å². The van der Waals surface area contributed by atoms with E-state index in [-0.39, 0.29) is 16.2 Å².